The Hall–Kier alpha value is -2.00. The van der Waals surface area contributed by atoms with E-state index in [0.717, 1.165) is 16.8 Å². The van der Waals surface area contributed by atoms with Gasteiger partial charge in [-0.3, -0.25) is 4.79 Å². The summed E-state index contributed by atoms with van der Waals surface area (Å²) in [6.45, 7) is 4.24. The normalized spacial score (nSPS) is 11.1. The maximum atomic E-state index is 12.1. The molecule has 2 nitrogen and oxygen atoms in total. The average molecular weight is 311 g/mol. The van der Waals surface area contributed by atoms with Gasteiger partial charge in [0.25, 0.3) is 0 Å². The lowest BCUT2D eigenvalue weighted by atomic mass is 10.0. The number of carbonyl (C=O) groups excluding carboxylic acids is 1. The summed E-state index contributed by atoms with van der Waals surface area (Å²) in [4.78, 5) is 13.3. The fourth-order valence-electron chi connectivity index (χ4n) is 2.18. The molecule has 0 aliphatic rings. The Balaban J connectivity index is 2.05. The van der Waals surface area contributed by atoms with Gasteiger partial charge >= 0.3 is 0 Å². The summed E-state index contributed by atoms with van der Waals surface area (Å²) in [5, 5.41) is 2.95. The highest BCUT2D eigenvalue weighted by Crippen LogP contribution is 2.23. The summed E-state index contributed by atoms with van der Waals surface area (Å²) >= 11 is 1.70. The average Bonchev–Trinajstić information content (AvgIpc) is 2.53. The molecule has 0 spiro atoms. The van der Waals surface area contributed by atoms with Gasteiger partial charge in [0.05, 0.1) is 0 Å². The van der Waals surface area contributed by atoms with Crippen molar-refractivity contribution in [2.75, 3.05) is 11.6 Å². The van der Waals surface area contributed by atoms with Crippen LogP contribution in [0.25, 0.3) is 6.08 Å². The van der Waals surface area contributed by atoms with E-state index in [9.17, 15) is 4.79 Å². The maximum absolute atomic E-state index is 12.1. The smallest absolute Gasteiger partial charge is 0.248 e. The summed E-state index contributed by atoms with van der Waals surface area (Å²) in [5.41, 5.74) is 3.04. The molecule has 2 aromatic carbocycles. The van der Waals surface area contributed by atoms with E-state index >= 15 is 0 Å². The molecule has 22 heavy (non-hydrogen) atoms. The van der Waals surface area contributed by atoms with Gasteiger partial charge in [-0.1, -0.05) is 44.2 Å². The number of amides is 1. The molecule has 0 bridgehead atoms. The van der Waals surface area contributed by atoms with Crippen molar-refractivity contribution in [2.45, 2.75) is 24.7 Å². The van der Waals surface area contributed by atoms with E-state index in [1.807, 2.05) is 48.7 Å². The van der Waals surface area contributed by atoms with E-state index in [4.69, 9.17) is 0 Å². The molecule has 0 aliphatic carbocycles. The van der Waals surface area contributed by atoms with Crippen LogP contribution in [0.5, 0.6) is 0 Å². The highest BCUT2D eigenvalue weighted by molar-refractivity contribution is 7.98. The Labute approximate surface area is 136 Å². The van der Waals surface area contributed by atoms with Gasteiger partial charge in [0.2, 0.25) is 5.91 Å². The highest BCUT2D eigenvalue weighted by atomic mass is 32.2. The first-order valence-electron chi connectivity index (χ1n) is 7.32. The lowest BCUT2D eigenvalue weighted by molar-refractivity contribution is -0.111. The summed E-state index contributed by atoms with van der Waals surface area (Å²) in [7, 11) is 0. The molecule has 2 aromatic rings. The lowest BCUT2D eigenvalue weighted by Gasteiger charge is -2.12. The molecule has 0 saturated carbocycles. The van der Waals surface area contributed by atoms with E-state index in [-0.39, 0.29) is 5.91 Å². The second-order valence-electron chi connectivity index (χ2n) is 5.34. The number of nitrogens with one attached hydrogen (secondary N) is 1. The first-order valence-corrected chi connectivity index (χ1v) is 8.54. The molecule has 0 saturated heterocycles. The summed E-state index contributed by atoms with van der Waals surface area (Å²) < 4.78 is 0. The van der Waals surface area contributed by atoms with Gasteiger partial charge in [0.15, 0.2) is 0 Å². The number of anilines is 1. The number of thioether (sulfide) groups is 1. The summed E-state index contributed by atoms with van der Waals surface area (Å²) in [6, 6.07) is 16.0. The van der Waals surface area contributed by atoms with Gasteiger partial charge in [-0.15, -0.1) is 11.8 Å². The van der Waals surface area contributed by atoms with Crippen LogP contribution in [0.4, 0.5) is 5.69 Å². The molecular weight excluding hydrogens is 290 g/mol. The highest BCUT2D eigenvalue weighted by Gasteiger charge is 2.07. The molecule has 1 N–H and O–H groups in total. The van der Waals surface area contributed by atoms with Crippen LogP contribution >= 0.6 is 11.8 Å². The molecule has 0 atom stereocenters. The van der Waals surface area contributed by atoms with E-state index in [1.165, 1.54) is 4.90 Å². The Morgan fingerprint density at radius 2 is 1.77 bits per heavy atom. The van der Waals surface area contributed by atoms with Crippen LogP contribution < -0.4 is 5.32 Å². The number of para-hydroxylation sites is 1. The number of rotatable bonds is 5. The van der Waals surface area contributed by atoms with Crippen molar-refractivity contribution in [2.24, 2.45) is 0 Å². The molecule has 114 valence electrons. The predicted octanol–water partition coefficient (Wildman–Crippen LogP) is 5.18. The fourth-order valence-corrected chi connectivity index (χ4v) is 2.58. The number of hydrogen-bond donors (Lipinski definition) is 1. The van der Waals surface area contributed by atoms with Crippen molar-refractivity contribution in [1.82, 2.24) is 0 Å². The SMILES string of the molecule is CSc1ccc(/C=C/C(=O)Nc2ccccc2C(C)C)cc1. The number of benzene rings is 2. The quantitative estimate of drug-likeness (QED) is 0.608. The molecule has 0 fully saturated rings. The van der Waals surface area contributed by atoms with Gasteiger partial charge in [0, 0.05) is 16.7 Å². The van der Waals surface area contributed by atoms with Gasteiger partial charge in [0.1, 0.15) is 0 Å². The van der Waals surface area contributed by atoms with Crippen LogP contribution in [0.2, 0.25) is 0 Å². The second kappa shape index (κ2) is 7.85. The third kappa shape index (κ3) is 4.50. The second-order valence-corrected chi connectivity index (χ2v) is 6.22. The van der Waals surface area contributed by atoms with Crippen LogP contribution in [0.15, 0.2) is 59.5 Å². The van der Waals surface area contributed by atoms with Gasteiger partial charge < -0.3 is 5.32 Å². The Kier molecular flexibility index (Phi) is 5.84. The van der Waals surface area contributed by atoms with Crippen molar-refractivity contribution in [3.8, 4) is 0 Å². The Morgan fingerprint density at radius 3 is 2.41 bits per heavy atom. The minimum atomic E-state index is -0.109. The molecule has 0 unspecified atom stereocenters. The largest absolute Gasteiger partial charge is 0.322 e. The van der Waals surface area contributed by atoms with Crippen molar-refractivity contribution in [3.05, 3.63) is 65.7 Å². The minimum Gasteiger partial charge on any atom is -0.322 e. The van der Waals surface area contributed by atoms with Crippen LogP contribution in [0.1, 0.15) is 30.9 Å². The van der Waals surface area contributed by atoms with Gasteiger partial charge in [-0.2, -0.15) is 0 Å². The molecule has 2 rings (SSSR count). The monoisotopic (exact) mass is 311 g/mol. The molecular formula is C19H21NOS. The minimum absolute atomic E-state index is 0.109. The van der Waals surface area contributed by atoms with Crippen molar-refractivity contribution in [3.63, 3.8) is 0 Å². The molecule has 1 amide bonds. The van der Waals surface area contributed by atoms with Crippen molar-refractivity contribution >= 4 is 29.4 Å². The maximum Gasteiger partial charge on any atom is 0.248 e. The van der Waals surface area contributed by atoms with E-state index in [2.05, 4.69) is 31.3 Å². The van der Waals surface area contributed by atoms with Crippen LogP contribution in [0.3, 0.4) is 0 Å². The molecule has 0 aromatic heterocycles. The topological polar surface area (TPSA) is 29.1 Å². The van der Waals surface area contributed by atoms with Crippen LogP contribution in [-0.2, 0) is 4.79 Å². The zero-order valence-corrected chi connectivity index (χ0v) is 14.0. The standard InChI is InChI=1S/C19H21NOS/c1-14(2)17-6-4-5-7-18(17)20-19(21)13-10-15-8-11-16(22-3)12-9-15/h4-14H,1-3H3,(H,20,21)/b13-10+. The molecule has 0 radical (unpaired) electrons. The van der Waals surface area contributed by atoms with Crippen molar-refractivity contribution < 1.29 is 4.79 Å². The Bertz CT molecular complexity index is 659. The van der Waals surface area contributed by atoms with E-state index < -0.39 is 0 Å². The lowest BCUT2D eigenvalue weighted by Crippen LogP contribution is -2.10. The molecule has 0 aliphatic heterocycles. The third-order valence-electron chi connectivity index (χ3n) is 3.38. The number of carbonyl (C=O) groups is 1. The predicted molar refractivity (Wildman–Crippen MR) is 96.4 cm³/mol. The zero-order valence-electron chi connectivity index (χ0n) is 13.2. The van der Waals surface area contributed by atoms with E-state index in [1.54, 1.807) is 17.8 Å². The Morgan fingerprint density at radius 1 is 1.09 bits per heavy atom. The van der Waals surface area contributed by atoms with Crippen molar-refractivity contribution in [1.29, 1.82) is 0 Å². The van der Waals surface area contributed by atoms with Gasteiger partial charge in [-0.25, -0.2) is 0 Å². The number of hydrogen-bond acceptors (Lipinski definition) is 2. The zero-order chi connectivity index (χ0) is 15.9. The molecule has 3 heteroatoms. The summed E-state index contributed by atoms with van der Waals surface area (Å²) in [5.74, 6) is 0.265. The van der Waals surface area contributed by atoms with Crippen LogP contribution in [-0.4, -0.2) is 12.2 Å². The fraction of sp³-hybridized carbons (Fsp3) is 0.211. The third-order valence-corrected chi connectivity index (χ3v) is 4.13. The van der Waals surface area contributed by atoms with E-state index in [0.29, 0.717) is 5.92 Å². The first-order chi connectivity index (χ1) is 10.6. The summed E-state index contributed by atoms with van der Waals surface area (Å²) in [6.07, 6.45) is 5.45. The van der Waals surface area contributed by atoms with Crippen LogP contribution in [0, 0.1) is 0 Å². The first kappa shape index (κ1) is 16.4. The molecule has 0 heterocycles. The van der Waals surface area contributed by atoms with Gasteiger partial charge in [-0.05, 0) is 47.6 Å².